The molecule has 0 radical (unpaired) electrons. The highest BCUT2D eigenvalue weighted by molar-refractivity contribution is 5.78. The molecule has 9 heteroatoms. The standard InChI is InChI=1S/C18H13F4N3O2/c19-17(20)26-10-16-24-13-6-5-11(8-23)7-14(13)25(16)9-12-3-1-2-4-15(12)27-18(21)22/h1-7,17-18H,9-10H2. The second-order valence-electron chi connectivity index (χ2n) is 5.49. The lowest BCUT2D eigenvalue weighted by molar-refractivity contribution is -0.139. The lowest BCUT2D eigenvalue weighted by Crippen LogP contribution is -2.11. The molecule has 0 bridgehead atoms. The summed E-state index contributed by atoms with van der Waals surface area (Å²) in [7, 11) is 0. The molecule has 2 aromatic carbocycles. The summed E-state index contributed by atoms with van der Waals surface area (Å²) in [6.07, 6.45) is 0. The maximum Gasteiger partial charge on any atom is 0.387 e. The minimum absolute atomic E-state index is 0.0240. The lowest BCUT2D eigenvalue weighted by atomic mass is 10.2. The van der Waals surface area contributed by atoms with Crippen molar-refractivity contribution in [2.45, 2.75) is 26.4 Å². The van der Waals surface area contributed by atoms with Crippen LogP contribution >= 0.6 is 0 Å². The molecule has 27 heavy (non-hydrogen) atoms. The van der Waals surface area contributed by atoms with E-state index in [9.17, 15) is 17.6 Å². The Morgan fingerprint density at radius 2 is 1.85 bits per heavy atom. The first-order valence-corrected chi connectivity index (χ1v) is 7.79. The Morgan fingerprint density at radius 1 is 1.07 bits per heavy atom. The number of halogens is 4. The molecular formula is C18H13F4N3O2. The maximum atomic E-state index is 12.6. The van der Waals surface area contributed by atoms with Crippen molar-refractivity contribution >= 4 is 11.0 Å². The molecule has 0 atom stereocenters. The van der Waals surface area contributed by atoms with Gasteiger partial charge in [-0.3, -0.25) is 0 Å². The Bertz CT molecular complexity index is 982. The second kappa shape index (κ2) is 8.05. The van der Waals surface area contributed by atoms with Crippen LogP contribution in [0.1, 0.15) is 17.0 Å². The van der Waals surface area contributed by atoms with Gasteiger partial charge in [0.15, 0.2) is 0 Å². The van der Waals surface area contributed by atoms with E-state index >= 15 is 0 Å². The zero-order valence-electron chi connectivity index (χ0n) is 13.8. The first kappa shape index (κ1) is 18.7. The summed E-state index contributed by atoms with van der Waals surface area (Å²) in [5.41, 5.74) is 1.71. The number of nitrogens with zero attached hydrogens (tertiary/aromatic N) is 3. The second-order valence-corrected chi connectivity index (χ2v) is 5.49. The van der Waals surface area contributed by atoms with Crippen molar-refractivity contribution in [3.63, 3.8) is 0 Å². The number of alkyl halides is 4. The van der Waals surface area contributed by atoms with E-state index in [0.29, 0.717) is 22.2 Å². The third-order valence-electron chi connectivity index (χ3n) is 3.81. The SMILES string of the molecule is N#Cc1ccc2nc(COC(F)F)n(Cc3ccccc3OC(F)F)c2c1. The molecule has 0 aliphatic carbocycles. The highest BCUT2D eigenvalue weighted by Gasteiger charge is 2.16. The van der Waals surface area contributed by atoms with Gasteiger partial charge in [0.25, 0.3) is 0 Å². The van der Waals surface area contributed by atoms with Gasteiger partial charge in [-0.2, -0.15) is 22.8 Å². The van der Waals surface area contributed by atoms with Crippen LogP contribution in [0, 0.1) is 11.3 Å². The van der Waals surface area contributed by atoms with Gasteiger partial charge in [-0.05, 0) is 24.3 Å². The molecule has 0 saturated heterocycles. The van der Waals surface area contributed by atoms with Gasteiger partial charge in [0.1, 0.15) is 18.2 Å². The minimum Gasteiger partial charge on any atom is -0.434 e. The topological polar surface area (TPSA) is 60.1 Å². The van der Waals surface area contributed by atoms with Crippen molar-refractivity contribution in [1.29, 1.82) is 5.26 Å². The molecule has 0 amide bonds. The van der Waals surface area contributed by atoms with Crippen LogP contribution in [0.15, 0.2) is 42.5 Å². The third kappa shape index (κ3) is 4.35. The number of benzene rings is 2. The number of ether oxygens (including phenoxy) is 2. The Morgan fingerprint density at radius 3 is 2.56 bits per heavy atom. The molecule has 0 spiro atoms. The third-order valence-corrected chi connectivity index (χ3v) is 3.81. The summed E-state index contributed by atoms with van der Waals surface area (Å²) in [5.74, 6) is 0.138. The van der Waals surface area contributed by atoms with E-state index in [1.165, 1.54) is 10.6 Å². The Kier molecular flexibility index (Phi) is 5.57. The quantitative estimate of drug-likeness (QED) is 0.575. The van der Waals surface area contributed by atoms with Gasteiger partial charge < -0.3 is 14.0 Å². The molecule has 0 aliphatic rings. The van der Waals surface area contributed by atoms with Crippen LogP contribution < -0.4 is 4.74 Å². The van der Waals surface area contributed by atoms with Gasteiger partial charge in [-0.25, -0.2) is 4.98 Å². The Labute approximate surface area is 151 Å². The fraction of sp³-hybridized carbons (Fsp3) is 0.222. The first-order chi connectivity index (χ1) is 13.0. The van der Waals surface area contributed by atoms with E-state index in [4.69, 9.17) is 5.26 Å². The molecule has 3 rings (SSSR count). The number of imidazole rings is 1. The van der Waals surface area contributed by atoms with E-state index in [0.717, 1.165) is 0 Å². The molecule has 140 valence electrons. The summed E-state index contributed by atoms with van der Waals surface area (Å²) >= 11 is 0. The monoisotopic (exact) mass is 379 g/mol. The average Bonchev–Trinajstić information content (AvgIpc) is 2.98. The van der Waals surface area contributed by atoms with E-state index in [2.05, 4.69) is 14.5 Å². The van der Waals surface area contributed by atoms with Crippen molar-refractivity contribution in [3.8, 4) is 11.8 Å². The van der Waals surface area contributed by atoms with E-state index in [-0.39, 0.29) is 18.1 Å². The van der Waals surface area contributed by atoms with E-state index < -0.39 is 19.8 Å². The van der Waals surface area contributed by atoms with Gasteiger partial charge in [0.05, 0.1) is 29.2 Å². The first-order valence-electron chi connectivity index (χ1n) is 7.79. The van der Waals surface area contributed by atoms with Crippen LogP contribution in [0.2, 0.25) is 0 Å². The lowest BCUT2D eigenvalue weighted by Gasteiger charge is -2.14. The van der Waals surface area contributed by atoms with Gasteiger partial charge in [-0.15, -0.1) is 0 Å². The van der Waals surface area contributed by atoms with Crippen molar-refractivity contribution in [2.75, 3.05) is 0 Å². The number of para-hydroxylation sites is 1. The average molecular weight is 379 g/mol. The molecule has 0 N–H and O–H groups in total. The van der Waals surface area contributed by atoms with Crippen molar-refractivity contribution in [2.24, 2.45) is 0 Å². The zero-order chi connectivity index (χ0) is 19.4. The molecule has 3 aromatic rings. The molecule has 0 aliphatic heterocycles. The Hall–Kier alpha value is -3.12. The molecular weight excluding hydrogens is 366 g/mol. The van der Waals surface area contributed by atoms with Gasteiger partial charge in [0.2, 0.25) is 0 Å². The van der Waals surface area contributed by atoms with Gasteiger partial charge >= 0.3 is 13.2 Å². The fourth-order valence-electron chi connectivity index (χ4n) is 2.68. The summed E-state index contributed by atoms with van der Waals surface area (Å²) in [4.78, 5) is 4.25. The highest BCUT2D eigenvalue weighted by atomic mass is 19.3. The number of hydrogen-bond acceptors (Lipinski definition) is 4. The smallest absolute Gasteiger partial charge is 0.387 e. The van der Waals surface area contributed by atoms with Crippen molar-refractivity contribution in [3.05, 3.63) is 59.4 Å². The molecule has 5 nitrogen and oxygen atoms in total. The summed E-state index contributed by atoms with van der Waals surface area (Å²) < 4.78 is 60.6. The summed E-state index contributed by atoms with van der Waals surface area (Å²) in [5, 5.41) is 9.10. The normalized spacial score (nSPS) is 11.3. The number of hydrogen-bond donors (Lipinski definition) is 0. The number of rotatable bonds is 7. The highest BCUT2D eigenvalue weighted by Crippen LogP contribution is 2.25. The predicted octanol–water partition coefficient (Wildman–Crippen LogP) is 4.30. The van der Waals surface area contributed by atoms with Crippen LogP contribution in [0.3, 0.4) is 0 Å². The van der Waals surface area contributed by atoms with Crippen LogP contribution in [0.4, 0.5) is 17.6 Å². The van der Waals surface area contributed by atoms with Crippen LogP contribution in [-0.2, 0) is 17.9 Å². The molecule has 1 aromatic heterocycles. The molecule has 0 fully saturated rings. The van der Waals surface area contributed by atoms with Crippen LogP contribution in [0.25, 0.3) is 11.0 Å². The van der Waals surface area contributed by atoms with Gasteiger partial charge in [0, 0.05) is 5.56 Å². The van der Waals surface area contributed by atoms with Gasteiger partial charge in [-0.1, -0.05) is 18.2 Å². The molecule has 0 unspecified atom stereocenters. The largest absolute Gasteiger partial charge is 0.434 e. The molecule has 1 heterocycles. The predicted molar refractivity (Wildman–Crippen MR) is 87.4 cm³/mol. The van der Waals surface area contributed by atoms with Crippen molar-refractivity contribution < 1.29 is 27.0 Å². The van der Waals surface area contributed by atoms with Crippen LogP contribution in [0.5, 0.6) is 5.75 Å². The molecule has 0 saturated carbocycles. The number of nitriles is 1. The van der Waals surface area contributed by atoms with E-state index in [1.54, 1.807) is 36.4 Å². The Balaban J connectivity index is 2.06. The summed E-state index contributed by atoms with van der Waals surface area (Å²) in [6.45, 7) is -6.44. The minimum atomic E-state index is -3.00. The van der Waals surface area contributed by atoms with Crippen LogP contribution in [-0.4, -0.2) is 22.8 Å². The number of fused-ring (bicyclic) bond motifs is 1. The fourth-order valence-corrected chi connectivity index (χ4v) is 2.68. The zero-order valence-corrected chi connectivity index (χ0v) is 13.8. The number of aromatic nitrogens is 2. The van der Waals surface area contributed by atoms with Crippen molar-refractivity contribution in [1.82, 2.24) is 9.55 Å². The summed E-state index contributed by atoms with van der Waals surface area (Å²) in [6, 6.07) is 12.8. The van der Waals surface area contributed by atoms with E-state index in [1.807, 2.05) is 6.07 Å². The maximum absolute atomic E-state index is 12.6.